The van der Waals surface area contributed by atoms with Crippen LogP contribution in [0.5, 0.6) is 0 Å². The predicted molar refractivity (Wildman–Crippen MR) is 100 cm³/mol. The fraction of sp³-hybridized carbons (Fsp3) is 0.190. The van der Waals surface area contributed by atoms with Gasteiger partial charge in [0, 0.05) is 12.1 Å². The number of rotatable bonds is 5. The number of likely N-dealkylation sites (tertiary alicyclic amines) is 1. The third kappa shape index (κ3) is 3.39. The summed E-state index contributed by atoms with van der Waals surface area (Å²) in [6.45, 7) is -0.408. The molecule has 0 aliphatic carbocycles. The van der Waals surface area contributed by atoms with Crippen LogP contribution in [-0.2, 0) is 14.3 Å². The van der Waals surface area contributed by atoms with Crippen molar-refractivity contribution in [3.63, 3.8) is 0 Å². The Balaban J connectivity index is 2.13. The molecule has 0 unspecified atom stereocenters. The highest BCUT2D eigenvalue weighted by Gasteiger charge is 2.45. The van der Waals surface area contributed by atoms with Crippen LogP contribution in [0.15, 0.2) is 60.2 Å². The number of methoxy groups -OCH3 is 1. The van der Waals surface area contributed by atoms with Gasteiger partial charge in [0.15, 0.2) is 0 Å². The third-order valence-corrected chi connectivity index (χ3v) is 4.58. The van der Waals surface area contributed by atoms with Crippen molar-refractivity contribution in [2.24, 2.45) is 0 Å². The lowest BCUT2D eigenvalue weighted by molar-refractivity contribution is -0.140. The molecule has 7 heteroatoms. The molecular formula is C21H19NO6. The van der Waals surface area contributed by atoms with Crippen LogP contribution in [0.1, 0.15) is 27.5 Å². The van der Waals surface area contributed by atoms with Crippen molar-refractivity contribution in [1.82, 2.24) is 4.90 Å². The summed E-state index contributed by atoms with van der Waals surface area (Å²) in [5.74, 6) is -2.42. The lowest BCUT2D eigenvalue weighted by atomic mass is 9.94. The lowest BCUT2D eigenvalue weighted by Gasteiger charge is -2.24. The second kappa shape index (κ2) is 8.06. The Labute approximate surface area is 161 Å². The van der Waals surface area contributed by atoms with Gasteiger partial charge in [-0.2, -0.15) is 0 Å². The van der Waals surface area contributed by atoms with E-state index in [-0.39, 0.29) is 24.5 Å². The second-order valence-electron chi connectivity index (χ2n) is 6.20. The minimum Gasteiger partial charge on any atom is -0.507 e. The van der Waals surface area contributed by atoms with Crippen molar-refractivity contribution in [3.8, 4) is 0 Å². The van der Waals surface area contributed by atoms with Crippen LogP contribution in [-0.4, -0.2) is 53.0 Å². The number of nitrogens with zero attached hydrogens (tertiary/aromatic N) is 1. The Morgan fingerprint density at radius 3 is 2.25 bits per heavy atom. The SMILES string of the molecule is COC(=O)c1ccc([C@@H]2C(=C(O)c3ccccc3)C(=O)C(=O)N2CCO)cc1. The Morgan fingerprint density at radius 1 is 1.04 bits per heavy atom. The average molecular weight is 381 g/mol. The van der Waals surface area contributed by atoms with Gasteiger partial charge in [-0.25, -0.2) is 4.79 Å². The van der Waals surface area contributed by atoms with Gasteiger partial charge in [-0.05, 0) is 17.7 Å². The van der Waals surface area contributed by atoms with Crippen molar-refractivity contribution in [1.29, 1.82) is 0 Å². The molecule has 0 bridgehead atoms. The maximum absolute atomic E-state index is 12.6. The first kappa shape index (κ1) is 19.3. The molecule has 1 aliphatic rings. The maximum Gasteiger partial charge on any atom is 0.337 e. The number of aliphatic hydroxyl groups excluding tert-OH is 2. The first-order valence-electron chi connectivity index (χ1n) is 8.62. The van der Waals surface area contributed by atoms with Crippen molar-refractivity contribution in [2.75, 3.05) is 20.3 Å². The smallest absolute Gasteiger partial charge is 0.337 e. The summed E-state index contributed by atoms with van der Waals surface area (Å²) < 4.78 is 4.67. The highest BCUT2D eigenvalue weighted by molar-refractivity contribution is 6.46. The Bertz CT molecular complexity index is 933. The molecule has 1 saturated heterocycles. The number of ether oxygens (including phenoxy) is 1. The molecule has 1 aliphatic heterocycles. The van der Waals surface area contributed by atoms with Gasteiger partial charge in [-0.3, -0.25) is 9.59 Å². The fourth-order valence-electron chi connectivity index (χ4n) is 3.24. The number of aliphatic hydroxyl groups is 2. The van der Waals surface area contributed by atoms with Crippen molar-refractivity contribution in [2.45, 2.75) is 6.04 Å². The van der Waals surface area contributed by atoms with Gasteiger partial charge in [0.25, 0.3) is 11.7 Å². The van der Waals surface area contributed by atoms with Gasteiger partial charge in [0.05, 0.1) is 30.9 Å². The summed E-state index contributed by atoms with van der Waals surface area (Å²) in [6, 6.07) is 13.8. The monoisotopic (exact) mass is 381 g/mol. The molecule has 0 spiro atoms. The molecule has 1 atom stereocenters. The molecule has 28 heavy (non-hydrogen) atoms. The topological polar surface area (TPSA) is 104 Å². The summed E-state index contributed by atoms with van der Waals surface area (Å²) in [5.41, 5.74) is 1.18. The van der Waals surface area contributed by atoms with Crippen LogP contribution in [0.3, 0.4) is 0 Å². The quantitative estimate of drug-likeness (QED) is 0.355. The molecule has 1 heterocycles. The number of amides is 1. The zero-order valence-corrected chi connectivity index (χ0v) is 15.2. The molecule has 0 radical (unpaired) electrons. The van der Waals surface area contributed by atoms with Gasteiger partial charge in [0.2, 0.25) is 0 Å². The molecule has 0 saturated carbocycles. The first-order chi connectivity index (χ1) is 13.5. The molecule has 1 amide bonds. The number of hydrogen-bond donors (Lipinski definition) is 2. The van der Waals surface area contributed by atoms with E-state index in [0.717, 1.165) is 0 Å². The molecular weight excluding hydrogens is 362 g/mol. The van der Waals surface area contributed by atoms with Crippen molar-refractivity contribution >= 4 is 23.4 Å². The van der Waals surface area contributed by atoms with E-state index in [2.05, 4.69) is 4.74 Å². The predicted octanol–water partition coefficient (Wildman–Crippen LogP) is 1.89. The molecule has 2 aromatic rings. The molecule has 1 fully saturated rings. The number of Topliss-reactive ketones (excluding diaryl/α,β-unsaturated/α-hetero) is 1. The van der Waals surface area contributed by atoms with Crippen LogP contribution < -0.4 is 0 Å². The molecule has 2 N–H and O–H groups in total. The summed E-state index contributed by atoms with van der Waals surface area (Å²) >= 11 is 0. The van der Waals surface area contributed by atoms with Crippen LogP contribution in [0.2, 0.25) is 0 Å². The first-order valence-corrected chi connectivity index (χ1v) is 8.62. The normalized spacial score (nSPS) is 18.4. The van der Waals surface area contributed by atoms with E-state index in [1.807, 2.05) is 0 Å². The largest absolute Gasteiger partial charge is 0.507 e. The molecule has 7 nitrogen and oxygen atoms in total. The van der Waals surface area contributed by atoms with Crippen LogP contribution >= 0.6 is 0 Å². The minimum absolute atomic E-state index is 0.0598. The van der Waals surface area contributed by atoms with E-state index in [1.165, 1.54) is 24.1 Å². The van der Waals surface area contributed by atoms with E-state index in [9.17, 15) is 24.6 Å². The van der Waals surface area contributed by atoms with Crippen LogP contribution in [0.4, 0.5) is 0 Å². The zero-order chi connectivity index (χ0) is 20.3. The van der Waals surface area contributed by atoms with Crippen LogP contribution in [0.25, 0.3) is 5.76 Å². The molecule has 2 aromatic carbocycles. The van der Waals surface area contributed by atoms with Crippen molar-refractivity contribution < 1.29 is 29.3 Å². The Kier molecular flexibility index (Phi) is 5.56. The highest BCUT2D eigenvalue weighted by Crippen LogP contribution is 2.39. The Morgan fingerprint density at radius 2 is 1.68 bits per heavy atom. The van der Waals surface area contributed by atoms with E-state index in [4.69, 9.17) is 0 Å². The summed E-state index contributed by atoms with van der Waals surface area (Å²) in [6.07, 6.45) is 0. The number of β-amino-alcohol motifs (C(OH)–C–C–N with tert-alkyl or cyclic N) is 1. The van der Waals surface area contributed by atoms with Gasteiger partial charge < -0.3 is 19.8 Å². The van der Waals surface area contributed by atoms with Gasteiger partial charge in [0.1, 0.15) is 5.76 Å². The van der Waals surface area contributed by atoms with Crippen LogP contribution in [0, 0.1) is 0 Å². The number of hydrogen-bond acceptors (Lipinski definition) is 6. The molecule has 0 aromatic heterocycles. The van der Waals surface area contributed by atoms with E-state index < -0.39 is 23.7 Å². The zero-order valence-electron chi connectivity index (χ0n) is 15.2. The van der Waals surface area contributed by atoms with Gasteiger partial charge in [-0.15, -0.1) is 0 Å². The maximum atomic E-state index is 12.6. The summed E-state index contributed by atoms with van der Waals surface area (Å²) in [5, 5.41) is 20.1. The number of ketones is 1. The molecule has 144 valence electrons. The number of carbonyl (C=O) groups is 3. The van der Waals surface area contributed by atoms with E-state index >= 15 is 0 Å². The van der Waals surface area contributed by atoms with E-state index in [1.54, 1.807) is 42.5 Å². The van der Waals surface area contributed by atoms with Gasteiger partial charge >= 0.3 is 5.97 Å². The lowest BCUT2D eigenvalue weighted by Crippen LogP contribution is -2.32. The van der Waals surface area contributed by atoms with Gasteiger partial charge in [-0.1, -0.05) is 42.5 Å². The minimum atomic E-state index is -0.876. The standard InChI is InChI=1S/C21H19NO6/c1-28-21(27)15-9-7-13(8-10-15)17-16(18(24)14-5-3-2-4-6-14)19(25)20(26)22(17)11-12-23/h2-10,17,23-24H,11-12H2,1H3/t17-/m1/s1. The second-order valence-corrected chi connectivity index (χ2v) is 6.20. The highest BCUT2D eigenvalue weighted by atomic mass is 16.5. The Hall–Kier alpha value is -3.45. The third-order valence-electron chi connectivity index (χ3n) is 4.58. The van der Waals surface area contributed by atoms with E-state index in [0.29, 0.717) is 16.7 Å². The van der Waals surface area contributed by atoms with Crippen molar-refractivity contribution in [3.05, 3.63) is 76.9 Å². The number of benzene rings is 2. The fourth-order valence-corrected chi connectivity index (χ4v) is 3.24. The number of esters is 1. The summed E-state index contributed by atoms with van der Waals surface area (Å²) in [7, 11) is 1.27. The number of carbonyl (C=O) groups excluding carboxylic acids is 3. The average Bonchev–Trinajstić information content (AvgIpc) is 2.98. The molecule has 3 rings (SSSR count). The summed E-state index contributed by atoms with van der Waals surface area (Å²) in [4.78, 5) is 38.0.